The summed E-state index contributed by atoms with van der Waals surface area (Å²) in [7, 11) is -21.0. The van der Waals surface area contributed by atoms with Gasteiger partial charge in [0.1, 0.15) is 0 Å². The summed E-state index contributed by atoms with van der Waals surface area (Å²) in [5.74, 6) is 0. The minimum Gasteiger partial charge on any atom is -0.226 e. The Labute approximate surface area is 133 Å². The third-order valence-electron chi connectivity index (χ3n) is 3.34. The van der Waals surface area contributed by atoms with Crippen molar-refractivity contribution in [3.8, 4) is 0 Å². The molecule has 0 fully saturated rings. The summed E-state index contributed by atoms with van der Waals surface area (Å²) in [4.78, 5) is 0. The normalized spacial score (nSPS) is 16.5. The van der Waals surface area contributed by atoms with E-state index in [0.717, 1.165) is 39.3 Å². The molecule has 140 valence electrons. The first-order chi connectivity index (χ1) is 9.50. The number of halogens is 6. The first-order valence-electron chi connectivity index (χ1n) is 6.12. The maximum atomic E-state index is 13.2. The molecule has 0 saturated heterocycles. The van der Waals surface area contributed by atoms with Crippen LogP contribution in [0.5, 0.6) is 0 Å². The molecule has 4 nitrogen and oxygen atoms in total. The molecule has 0 aliphatic heterocycles. The van der Waals surface area contributed by atoms with Crippen molar-refractivity contribution in [2.45, 2.75) is 50.3 Å². The van der Waals surface area contributed by atoms with Crippen LogP contribution >= 0.6 is 0 Å². The van der Waals surface area contributed by atoms with E-state index in [2.05, 4.69) is 0 Å². The molecular formula is C8H18F6O4S2Si3. The van der Waals surface area contributed by atoms with Gasteiger partial charge in [0.05, 0.1) is 15.2 Å². The highest BCUT2D eigenvalue weighted by Gasteiger charge is 2.83. The molecule has 0 spiro atoms. The zero-order chi connectivity index (χ0) is 19.5. The second kappa shape index (κ2) is 5.57. The van der Waals surface area contributed by atoms with Gasteiger partial charge in [0, 0.05) is 0 Å². The molecule has 0 aliphatic rings. The third-order valence-corrected chi connectivity index (χ3v) is 77.0. The number of hydrogen-bond acceptors (Lipinski definition) is 4. The molecule has 0 aromatic heterocycles. The standard InChI is InChI=1S/C8H18F6O4S2Si3/c1-21(2,3)23(22(4,5)6,19(15,16)7(9,10)11)20(17,18)8(12,13)14/h1-6H3. The van der Waals surface area contributed by atoms with E-state index in [1.165, 1.54) is 0 Å². The van der Waals surface area contributed by atoms with Crippen molar-refractivity contribution in [3.63, 3.8) is 0 Å². The Kier molecular flexibility index (Phi) is 5.60. The fraction of sp³-hybridized carbons (Fsp3) is 1.00. The highest BCUT2D eigenvalue weighted by Crippen LogP contribution is 2.49. The third kappa shape index (κ3) is 3.06. The van der Waals surface area contributed by atoms with Gasteiger partial charge in [0.2, 0.25) is 18.6 Å². The van der Waals surface area contributed by atoms with Crippen LogP contribution in [0.4, 0.5) is 26.3 Å². The maximum Gasteiger partial charge on any atom is 0.491 e. The predicted octanol–water partition coefficient (Wildman–Crippen LogP) is 3.13. The summed E-state index contributed by atoms with van der Waals surface area (Å²) >= 11 is 0. The van der Waals surface area contributed by atoms with Crippen LogP contribution in [-0.2, 0) is 18.6 Å². The van der Waals surface area contributed by atoms with E-state index in [1.54, 1.807) is 0 Å². The second-order valence-electron chi connectivity index (χ2n) is 7.01. The minimum absolute atomic E-state index is 0.948. The molecule has 0 aromatic rings. The van der Waals surface area contributed by atoms with Gasteiger partial charge < -0.3 is 0 Å². The van der Waals surface area contributed by atoms with Crippen molar-refractivity contribution in [2.24, 2.45) is 0 Å². The lowest BCUT2D eigenvalue weighted by atomic mass is 11.6. The van der Waals surface area contributed by atoms with Crippen molar-refractivity contribution < 1.29 is 43.2 Å². The summed E-state index contributed by atoms with van der Waals surface area (Å²) in [6.45, 7) is 5.69. The van der Waals surface area contributed by atoms with Gasteiger partial charge in [-0.3, -0.25) is 0 Å². The quantitative estimate of drug-likeness (QED) is 0.498. The summed E-state index contributed by atoms with van der Waals surface area (Å²) < 4.78 is 128. The van der Waals surface area contributed by atoms with Crippen molar-refractivity contribution in [3.05, 3.63) is 0 Å². The maximum absolute atomic E-state index is 13.2. The van der Waals surface area contributed by atoms with Crippen LogP contribution in [0.2, 0.25) is 39.3 Å². The summed E-state index contributed by atoms with van der Waals surface area (Å²) in [5.41, 5.74) is -12.1. The molecule has 0 N–H and O–H groups in total. The van der Waals surface area contributed by atoms with Gasteiger partial charge in [-0.05, 0) is 0 Å². The van der Waals surface area contributed by atoms with Gasteiger partial charge in [0.15, 0.2) is 0 Å². The molecule has 0 unspecified atom stereocenters. The summed E-state index contributed by atoms with van der Waals surface area (Å²) in [5, 5.41) is -5.95. The van der Waals surface area contributed by atoms with Gasteiger partial charge in [-0.25, -0.2) is 16.8 Å². The number of alkyl halides is 6. The van der Waals surface area contributed by atoms with E-state index in [-0.39, 0.29) is 0 Å². The SMILES string of the molecule is C[Si](C)(C)[Si]([Si](C)(C)C)(S(=O)(=O)C(F)(F)F)S(=O)(=O)C(F)(F)F. The molecule has 0 radical (unpaired) electrons. The zero-order valence-corrected chi connectivity index (χ0v) is 17.9. The fourth-order valence-electron chi connectivity index (χ4n) is 3.21. The topological polar surface area (TPSA) is 68.3 Å². The average molecular weight is 441 g/mol. The van der Waals surface area contributed by atoms with Gasteiger partial charge in [-0.2, -0.15) is 26.3 Å². The first kappa shape index (κ1) is 23.1. The van der Waals surface area contributed by atoms with Crippen LogP contribution in [0.1, 0.15) is 0 Å². The van der Waals surface area contributed by atoms with Crippen LogP contribution in [0, 0.1) is 0 Å². The lowest BCUT2D eigenvalue weighted by Crippen LogP contribution is -2.83. The van der Waals surface area contributed by atoms with Crippen LogP contribution in [0.15, 0.2) is 0 Å². The molecule has 0 atom stereocenters. The first-order valence-corrected chi connectivity index (χ1v) is 21.5. The van der Waals surface area contributed by atoms with Crippen LogP contribution < -0.4 is 0 Å². The monoisotopic (exact) mass is 440 g/mol. The van der Waals surface area contributed by atoms with E-state index in [0.29, 0.717) is 0 Å². The summed E-state index contributed by atoms with van der Waals surface area (Å²) in [6, 6.07) is 0. The van der Waals surface area contributed by atoms with Crippen molar-refractivity contribution >= 4 is 39.2 Å². The fourth-order valence-corrected chi connectivity index (χ4v) is 86.6. The Morgan fingerprint density at radius 1 is 0.565 bits per heavy atom. The van der Waals surface area contributed by atoms with E-state index >= 15 is 0 Å². The molecule has 0 rings (SSSR count). The Morgan fingerprint density at radius 3 is 0.826 bits per heavy atom. The van der Waals surface area contributed by atoms with Crippen molar-refractivity contribution in [1.29, 1.82) is 0 Å². The van der Waals surface area contributed by atoms with Gasteiger partial charge >= 0.3 is 16.4 Å². The summed E-state index contributed by atoms with van der Waals surface area (Å²) in [6.07, 6.45) is 0. The van der Waals surface area contributed by atoms with E-state index in [4.69, 9.17) is 0 Å². The Morgan fingerprint density at radius 2 is 0.739 bits per heavy atom. The van der Waals surface area contributed by atoms with Crippen LogP contribution in [-0.4, -0.2) is 48.4 Å². The van der Waals surface area contributed by atoms with E-state index in [1.807, 2.05) is 0 Å². The van der Waals surface area contributed by atoms with Crippen molar-refractivity contribution in [1.82, 2.24) is 0 Å². The number of rotatable bonds is 4. The Hall–Kier alpha value is 0.131. The zero-order valence-electron chi connectivity index (χ0n) is 13.2. The molecule has 0 aromatic carbocycles. The molecule has 15 heteroatoms. The van der Waals surface area contributed by atoms with E-state index < -0.39 is 50.2 Å². The highest BCUT2D eigenvalue weighted by molar-refractivity contribution is 8.65. The number of hydrogen-bond donors (Lipinski definition) is 0. The predicted molar refractivity (Wildman–Crippen MR) is 82.4 cm³/mol. The Bertz CT molecular complexity index is 607. The molecule has 0 saturated carbocycles. The highest BCUT2D eigenvalue weighted by atomic mass is 32.7. The molecule has 0 bridgehead atoms. The molecule has 0 heterocycles. The van der Waals surface area contributed by atoms with E-state index in [9.17, 15) is 43.2 Å². The Balaban J connectivity index is 7.64. The second-order valence-corrected chi connectivity index (χ2v) is 47.2. The smallest absolute Gasteiger partial charge is 0.226 e. The molecular weight excluding hydrogens is 422 g/mol. The van der Waals surface area contributed by atoms with Crippen LogP contribution in [0.3, 0.4) is 0 Å². The largest absolute Gasteiger partial charge is 0.491 e. The van der Waals surface area contributed by atoms with Gasteiger partial charge in [-0.15, -0.1) is 0 Å². The average Bonchev–Trinajstić information content (AvgIpc) is 2.06. The van der Waals surface area contributed by atoms with Crippen LogP contribution in [0.25, 0.3) is 0 Å². The lowest BCUT2D eigenvalue weighted by molar-refractivity contribution is -0.0424. The lowest BCUT2D eigenvalue weighted by Gasteiger charge is -2.46. The molecule has 23 heavy (non-hydrogen) atoms. The van der Waals surface area contributed by atoms with Gasteiger partial charge in [0.25, 0.3) is 0 Å². The van der Waals surface area contributed by atoms with Gasteiger partial charge in [-0.1, -0.05) is 39.3 Å². The van der Waals surface area contributed by atoms with Crippen molar-refractivity contribution in [2.75, 3.05) is 0 Å². The molecule has 0 amide bonds. The molecule has 0 aliphatic carbocycles. The minimum atomic E-state index is -6.50.